The average molecular weight is 1110 g/mol. The maximum Gasteiger partial charge on any atom is 0.306 e. The molecule has 0 aromatic heterocycles. The minimum absolute atomic E-state index is 0.0914. The molecule has 0 aliphatic rings. The Balaban J connectivity index is 4.29. The van der Waals surface area contributed by atoms with Gasteiger partial charge in [-0.3, -0.25) is 14.4 Å². The van der Waals surface area contributed by atoms with E-state index in [0.29, 0.717) is 19.3 Å². The van der Waals surface area contributed by atoms with Gasteiger partial charge in [0.2, 0.25) is 0 Å². The fourth-order valence-electron chi connectivity index (χ4n) is 8.90. The van der Waals surface area contributed by atoms with Gasteiger partial charge in [0, 0.05) is 19.3 Å². The fourth-order valence-corrected chi connectivity index (χ4v) is 8.90. The number of allylic oxidation sites excluding steroid dienone is 22. The molecule has 80 heavy (non-hydrogen) atoms. The van der Waals surface area contributed by atoms with Gasteiger partial charge in [-0.05, 0) is 135 Å². The lowest BCUT2D eigenvalue weighted by Gasteiger charge is -2.18. The standard InChI is InChI=1S/C74H122O6/c1-4-7-10-13-16-19-22-24-26-28-30-32-33-34-35-36-37-38-39-40-41-43-44-46-48-50-52-55-58-61-64-67-73(76)79-70-71(69-78-72(75)66-63-60-57-54-21-18-15-12-9-6-3)80-74(77)68-65-62-59-56-53-51-49-47-45-42-31-29-27-25-23-20-17-14-11-8-5-2/h7,10,12,15-16,19,23-26,29-32,34-35,37-38,40-41,44,46,71H,4-6,8-9,11,13-14,17-18,20-22,27-28,33,36,39,42-43,45,47-70H2,1-3H3/b10-7-,15-12-,19-16-,25-23-,26-24-,31-29-,32-30-,35-34-,38-37-,41-40-,46-44-. The smallest absolute Gasteiger partial charge is 0.306 e. The molecular formula is C74H122O6. The van der Waals surface area contributed by atoms with Gasteiger partial charge in [-0.15, -0.1) is 0 Å². The summed E-state index contributed by atoms with van der Waals surface area (Å²) in [4.78, 5) is 38.3. The van der Waals surface area contributed by atoms with E-state index in [0.717, 1.165) is 148 Å². The topological polar surface area (TPSA) is 78.9 Å². The second-order valence-electron chi connectivity index (χ2n) is 21.6. The predicted molar refractivity (Wildman–Crippen MR) is 348 cm³/mol. The number of carbonyl (C=O) groups excluding carboxylic acids is 3. The van der Waals surface area contributed by atoms with Gasteiger partial charge in [-0.25, -0.2) is 0 Å². The molecule has 0 rings (SSSR count). The first-order valence-electron chi connectivity index (χ1n) is 33.2. The van der Waals surface area contributed by atoms with E-state index in [2.05, 4.69) is 154 Å². The molecule has 0 aliphatic heterocycles. The van der Waals surface area contributed by atoms with E-state index < -0.39 is 6.10 Å². The third-order valence-corrected chi connectivity index (χ3v) is 13.8. The lowest BCUT2D eigenvalue weighted by Crippen LogP contribution is -2.30. The molecule has 0 radical (unpaired) electrons. The quantitative estimate of drug-likeness (QED) is 0.0261. The molecule has 0 aliphatic carbocycles. The molecule has 0 N–H and O–H groups in total. The summed E-state index contributed by atoms with van der Waals surface area (Å²) in [5.74, 6) is -0.918. The second-order valence-corrected chi connectivity index (χ2v) is 21.6. The normalized spacial score (nSPS) is 13.0. The zero-order valence-corrected chi connectivity index (χ0v) is 52.0. The molecule has 0 saturated carbocycles. The van der Waals surface area contributed by atoms with Gasteiger partial charge in [0.25, 0.3) is 0 Å². The summed E-state index contributed by atoms with van der Waals surface area (Å²) in [5, 5.41) is 0. The number of ether oxygens (including phenoxy) is 3. The van der Waals surface area contributed by atoms with E-state index in [1.165, 1.54) is 109 Å². The minimum atomic E-state index is -0.795. The van der Waals surface area contributed by atoms with Crippen LogP contribution in [0.4, 0.5) is 0 Å². The number of rotatable bonds is 59. The van der Waals surface area contributed by atoms with Crippen molar-refractivity contribution in [3.8, 4) is 0 Å². The Labute approximate surface area is 494 Å². The molecule has 1 unspecified atom stereocenters. The molecule has 0 aromatic rings. The summed E-state index contributed by atoms with van der Waals surface area (Å²) in [6, 6.07) is 0. The lowest BCUT2D eigenvalue weighted by molar-refractivity contribution is -0.167. The minimum Gasteiger partial charge on any atom is -0.462 e. The van der Waals surface area contributed by atoms with Crippen LogP contribution in [0.2, 0.25) is 0 Å². The van der Waals surface area contributed by atoms with Crippen LogP contribution in [0.1, 0.15) is 297 Å². The maximum absolute atomic E-state index is 12.9. The van der Waals surface area contributed by atoms with Gasteiger partial charge in [0.1, 0.15) is 13.2 Å². The van der Waals surface area contributed by atoms with E-state index >= 15 is 0 Å². The molecule has 0 bridgehead atoms. The Hall–Kier alpha value is -4.45. The number of hydrogen-bond donors (Lipinski definition) is 0. The molecule has 0 saturated heterocycles. The third-order valence-electron chi connectivity index (χ3n) is 13.8. The second kappa shape index (κ2) is 67.1. The summed E-state index contributed by atoms with van der Waals surface area (Å²) in [5.41, 5.74) is 0. The Morgan fingerprint density at radius 1 is 0.263 bits per heavy atom. The molecule has 0 amide bonds. The third kappa shape index (κ3) is 64.4. The first kappa shape index (κ1) is 75.5. The van der Waals surface area contributed by atoms with Gasteiger partial charge in [-0.1, -0.05) is 276 Å². The highest BCUT2D eigenvalue weighted by Crippen LogP contribution is 2.15. The zero-order valence-electron chi connectivity index (χ0n) is 52.0. The van der Waals surface area contributed by atoms with Crippen molar-refractivity contribution in [2.45, 2.75) is 303 Å². The van der Waals surface area contributed by atoms with Crippen molar-refractivity contribution in [1.82, 2.24) is 0 Å². The monoisotopic (exact) mass is 1110 g/mol. The van der Waals surface area contributed by atoms with Crippen LogP contribution in [0.15, 0.2) is 134 Å². The van der Waals surface area contributed by atoms with Crippen molar-refractivity contribution in [2.75, 3.05) is 13.2 Å². The van der Waals surface area contributed by atoms with Crippen LogP contribution in [0.25, 0.3) is 0 Å². The van der Waals surface area contributed by atoms with Crippen molar-refractivity contribution in [2.24, 2.45) is 0 Å². The summed E-state index contributed by atoms with van der Waals surface area (Å²) < 4.78 is 16.9. The van der Waals surface area contributed by atoms with Gasteiger partial charge >= 0.3 is 17.9 Å². The number of esters is 3. The van der Waals surface area contributed by atoms with Crippen molar-refractivity contribution >= 4 is 17.9 Å². The molecule has 0 heterocycles. The largest absolute Gasteiger partial charge is 0.462 e. The van der Waals surface area contributed by atoms with Crippen LogP contribution in [-0.4, -0.2) is 37.2 Å². The van der Waals surface area contributed by atoms with Crippen molar-refractivity contribution in [1.29, 1.82) is 0 Å². The molecule has 1 atom stereocenters. The van der Waals surface area contributed by atoms with Crippen LogP contribution < -0.4 is 0 Å². The predicted octanol–water partition coefficient (Wildman–Crippen LogP) is 22.9. The van der Waals surface area contributed by atoms with Crippen LogP contribution >= 0.6 is 0 Å². The number of carbonyl (C=O) groups is 3. The van der Waals surface area contributed by atoms with Gasteiger partial charge in [0.05, 0.1) is 0 Å². The summed E-state index contributed by atoms with van der Waals surface area (Å²) >= 11 is 0. The molecule has 6 heteroatoms. The average Bonchev–Trinajstić information content (AvgIpc) is 3.46. The first-order valence-corrected chi connectivity index (χ1v) is 33.2. The molecule has 0 spiro atoms. The maximum atomic E-state index is 12.9. The van der Waals surface area contributed by atoms with Crippen molar-refractivity contribution in [3.05, 3.63) is 134 Å². The van der Waals surface area contributed by atoms with E-state index in [-0.39, 0.29) is 31.1 Å². The summed E-state index contributed by atoms with van der Waals surface area (Å²) in [6.45, 7) is 6.44. The molecule has 0 aromatic carbocycles. The van der Waals surface area contributed by atoms with Crippen LogP contribution in [0.5, 0.6) is 0 Å². The first-order chi connectivity index (χ1) is 39.5. The Morgan fingerprint density at radius 3 is 0.825 bits per heavy atom. The summed E-state index contributed by atoms with van der Waals surface area (Å²) in [6.07, 6.45) is 94.7. The van der Waals surface area contributed by atoms with E-state index in [9.17, 15) is 14.4 Å². The SMILES string of the molecule is CC/C=C\C/C=C\C/C=C\C/C=C\C/C=C\C/C=C\C/C=C\C/C=C\CCCCCCCCC(=O)OCC(COC(=O)CCCCCCC/C=C\CCC)OC(=O)CCCCCCCCCCC/C=C\C/C=C\CCCCCCC. The zero-order chi connectivity index (χ0) is 57.8. The number of hydrogen-bond acceptors (Lipinski definition) is 6. The number of unbranched alkanes of at least 4 members (excludes halogenated alkanes) is 26. The summed E-state index contributed by atoms with van der Waals surface area (Å²) in [7, 11) is 0. The highest BCUT2D eigenvalue weighted by molar-refractivity contribution is 5.71. The van der Waals surface area contributed by atoms with Gasteiger partial charge in [-0.2, -0.15) is 0 Å². The molecule has 454 valence electrons. The Kier molecular flexibility index (Phi) is 63.3. The van der Waals surface area contributed by atoms with Crippen LogP contribution in [-0.2, 0) is 28.6 Å². The fraction of sp³-hybridized carbons (Fsp3) is 0.662. The van der Waals surface area contributed by atoms with Crippen molar-refractivity contribution in [3.63, 3.8) is 0 Å². The van der Waals surface area contributed by atoms with Gasteiger partial charge in [0.15, 0.2) is 6.10 Å². The highest BCUT2D eigenvalue weighted by Gasteiger charge is 2.19. The van der Waals surface area contributed by atoms with E-state index in [4.69, 9.17) is 14.2 Å². The van der Waals surface area contributed by atoms with Crippen LogP contribution in [0, 0.1) is 0 Å². The Morgan fingerprint density at radius 2 is 0.512 bits per heavy atom. The van der Waals surface area contributed by atoms with Crippen molar-refractivity contribution < 1.29 is 28.6 Å². The van der Waals surface area contributed by atoms with Gasteiger partial charge < -0.3 is 14.2 Å². The lowest BCUT2D eigenvalue weighted by atomic mass is 10.1. The molecule has 0 fully saturated rings. The van der Waals surface area contributed by atoms with E-state index in [1.54, 1.807) is 0 Å². The van der Waals surface area contributed by atoms with E-state index in [1.807, 2.05) is 0 Å². The molecular weight excluding hydrogens is 985 g/mol. The highest BCUT2D eigenvalue weighted by atomic mass is 16.6. The molecule has 6 nitrogen and oxygen atoms in total. The van der Waals surface area contributed by atoms with Crippen LogP contribution in [0.3, 0.4) is 0 Å². The Bertz CT molecular complexity index is 1700.